The number of hydrogen-bond acceptors (Lipinski definition) is 5. The molecule has 160 valence electrons. The number of fused-ring (bicyclic) bond motifs is 1. The number of benzene rings is 2. The minimum absolute atomic E-state index is 0.629. The van der Waals surface area contributed by atoms with E-state index in [4.69, 9.17) is 4.74 Å². The van der Waals surface area contributed by atoms with E-state index in [0.717, 1.165) is 27.6 Å². The second-order valence-electron chi connectivity index (χ2n) is 5.36. The van der Waals surface area contributed by atoms with Gasteiger partial charge in [-0.3, -0.25) is 0 Å². The molecule has 0 aliphatic heterocycles. The molecule has 0 fully saturated rings. The number of ether oxygens (including phenoxy) is 1. The molecule has 0 aliphatic carbocycles. The fourth-order valence-corrected chi connectivity index (χ4v) is 3.23. The molecule has 0 amide bonds. The van der Waals surface area contributed by atoms with Crippen molar-refractivity contribution in [2.75, 3.05) is 5.32 Å². The normalized spacial score (nSPS) is 9.17. The van der Waals surface area contributed by atoms with Gasteiger partial charge >= 0.3 is 0 Å². The smallest absolute Gasteiger partial charge is 0.222 e. The first-order valence-electron chi connectivity index (χ1n) is 10.6. The third-order valence-electron chi connectivity index (χ3n) is 3.58. The summed E-state index contributed by atoms with van der Waals surface area (Å²) >= 11 is 1.64. The molecule has 0 bridgehead atoms. The van der Waals surface area contributed by atoms with E-state index in [0.29, 0.717) is 5.88 Å². The molecule has 5 heteroatoms. The van der Waals surface area contributed by atoms with Crippen molar-refractivity contribution in [1.82, 2.24) is 9.97 Å². The highest BCUT2D eigenvalue weighted by Gasteiger charge is 2.05. The number of aromatic nitrogens is 2. The number of rotatable bonds is 4. The molecule has 0 atom stereocenters. The molecular formula is C25H33N3OS. The van der Waals surface area contributed by atoms with Crippen molar-refractivity contribution in [3.63, 3.8) is 0 Å². The summed E-state index contributed by atoms with van der Waals surface area (Å²) in [6.07, 6.45) is 1.73. The Kier molecular flexibility index (Phi) is 11.8. The highest BCUT2D eigenvalue weighted by Crippen LogP contribution is 2.29. The quantitative estimate of drug-likeness (QED) is 0.357. The molecule has 0 radical (unpaired) electrons. The van der Waals surface area contributed by atoms with Gasteiger partial charge in [0.1, 0.15) is 5.75 Å². The molecule has 4 nitrogen and oxygen atoms in total. The minimum atomic E-state index is 0.629. The zero-order valence-corrected chi connectivity index (χ0v) is 19.9. The lowest BCUT2D eigenvalue weighted by Crippen LogP contribution is -1.92. The number of para-hydroxylation sites is 1. The van der Waals surface area contributed by atoms with Crippen molar-refractivity contribution in [1.29, 1.82) is 0 Å². The van der Waals surface area contributed by atoms with E-state index in [-0.39, 0.29) is 0 Å². The van der Waals surface area contributed by atoms with Gasteiger partial charge in [0.25, 0.3) is 0 Å². The van der Waals surface area contributed by atoms with Gasteiger partial charge in [-0.25, -0.2) is 9.97 Å². The van der Waals surface area contributed by atoms with Crippen LogP contribution in [0.15, 0.2) is 66.9 Å². The Morgan fingerprint density at radius 3 is 2.10 bits per heavy atom. The number of hydrogen-bond donors (Lipinski definition) is 1. The standard InChI is InChI=1S/C19H15N3OS.3C2H6/c1-13-5-4-12-20-18(13)23-15-10-8-14(9-11-15)21-19-22-16-6-2-3-7-17(16)24-19;3*1-2/h2-12H,1H3,(H,21,22);3*1-2H3. The molecule has 4 aromatic rings. The Hall–Kier alpha value is -2.92. The van der Waals surface area contributed by atoms with Crippen molar-refractivity contribution in [2.45, 2.75) is 48.5 Å². The monoisotopic (exact) mass is 423 g/mol. The lowest BCUT2D eigenvalue weighted by atomic mass is 10.3. The number of aryl methyl sites for hydroxylation is 1. The van der Waals surface area contributed by atoms with E-state index < -0.39 is 0 Å². The Morgan fingerprint density at radius 2 is 1.47 bits per heavy atom. The SMILES string of the molecule is CC.CC.CC.Cc1cccnc1Oc1ccc(Nc2nc3ccccc3s2)cc1. The maximum Gasteiger partial charge on any atom is 0.222 e. The third kappa shape index (κ3) is 7.16. The number of anilines is 2. The van der Waals surface area contributed by atoms with Crippen LogP contribution in [0.1, 0.15) is 47.1 Å². The van der Waals surface area contributed by atoms with Crippen molar-refractivity contribution in [3.8, 4) is 11.6 Å². The van der Waals surface area contributed by atoms with Crippen molar-refractivity contribution < 1.29 is 4.74 Å². The van der Waals surface area contributed by atoms with E-state index in [1.807, 2.05) is 103 Å². The molecule has 0 saturated heterocycles. The first kappa shape index (κ1) is 25.1. The van der Waals surface area contributed by atoms with Gasteiger partial charge in [-0.05, 0) is 49.4 Å². The van der Waals surface area contributed by atoms with Gasteiger partial charge in [0.15, 0.2) is 5.13 Å². The molecular weight excluding hydrogens is 390 g/mol. The number of nitrogens with zero attached hydrogens (tertiary/aromatic N) is 2. The maximum absolute atomic E-state index is 5.81. The first-order chi connectivity index (χ1) is 14.8. The van der Waals surface area contributed by atoms with Crippen molar-refractivity contribution >= 4 is 32.4 Å². The second kappa shape index (κ2) is 14.1. The van der Waals surface area contributed by atoms with Crippen LogP contribution in [0.2, 0.25) is 0 Å². The predicted octanol–water partition coefficient (Wildman–Crippen LogP) is 8.61. The van der Waals surface area contributed by atoms with Gasteiger partial charge in [-0.15, -0.1) is 0 Å². The van der Waals surface area contributed by atoms with Gasteiger partial charge in [0, 0.05) is 17.4 Å². The number of nitrogens with one attached hydrogen (secondary N) is 1. The molecule has 2 aromatic carbocycles. The number of pyridine rings is 1. The Balaban J connectivity index is 0.000000691. The third-order valence-corrected chi connectivity index (χ3v) is 4.53. The molecule has 2 heterocycles. The summed E-state index contributed by atoms with van der Waals surface area (Å²) in [7, 11) is 0. The van der Waals surface area contributed by atoms with Gasteiger partial charge in [0.05, 0.1) is 10.2 Å². The molecule has 0 unspecified atom stereocenters. The summed E-state index contributed by atoms with van der Waals surface area (Å²) in [5.41, 5.74) is 2.99. The molecule has 0 aliphatic rings. The van der Waals surface area contributed by atoms with E-state index in [9.17, 15) is 0 Å². The molecule has 4 rings (SSSR count). The summed E-state index contributed by atoms with van der Waals surface area (Å²) < 4.78 is 6.98. The van der Waals surface area contributed by atoms with E-state index >= 15 is 0 Å². The second-order valence-corrected chi connectivity index (χ2v) is 6.39. The fourth-order valence-electron chi connectivity index (χ4n) is 2.35. The first-order valence-corrected chi connectivity index (χ1v) is 11.4. The fraction of sp³-hybridized carbons (Fsp3) is 0.280. The van der Waals surface area contributed by atoms with Crippen LogP contribution in [0.3, 0.4) is 0 Å². The Morgan fingerprint density at radius 1 is 0.800 bits per heavy atom. The summed E-state index contributed by atoms with van der Waals surface area (Å²) in [5.74, 6) is 1.39. The predicted molar refractivity (Wildman–Crippen MR) is 132 cm³/mol. The van der Waals surface area contributed by atoms with E-state index in [1.54, 1.807) is 17.5 Å². The van der Waals surface area contributed by atoms with Crippen LogP contribution >= 0.6 is 11.3 Å². The highest BCUT2D eigenvalue weighted by atomic mass is 32.1. The zero-order valence-electron chi connectivity index (χ0n) is 19.1. The van der Waals surface area contributed by atoms with E-state index in [1.165, 1.54) is 4.70 Å². The van der Waals surface area contributed by atoms with Gasteiger partial charge in [-0.2, -0.15) is 0 Å². The lowest BCUT2D eigenvalue weighted by molar-refractivity contribution is 0.459. The van der Waals surface area contributed by atoms with Crippen LogP contribution in [0, 0.1) is 6.92 Å². The van der Waals surface area contributed by atoms with Gasteiger partial charge in [-0.1, -0.05) is 71.1 Å². The van der Waals surface area contributed by atoms with Crippen LogP contribution in [0.25, 0.3) is 10.2 Å². The molecule has 1 N–H and O–H groups in total. The van der Waals surface area contributed by atoms with Gasteiger partial charge < -0.3 is 10.1 Å². The molecule has 2 aromatic heterocycles. The zero-order chi connectivity index (χ0) is 22.4. The average Bonchev–Trinajstić information content (AvgIpc) is 3.23. The van der Waals surface area contributed by atoms with Crippen LogP contribution in [-0.2, 0) is 0 Å². The molecule has 0 spiro atoms. The van der Waals surface area contributed by atoms with Crippen molar-refractivity contribution in [3.05, 3.63) is 72.4 Å². The van der Waals surface area contributed by atoms with Crippen LogP contribution < -0.4 is 10.1 Å². The average molecular weight is 424 g/mol. The van der Waals surface area contributed by atoms with Crippen LogP contribution in [-0.4, -0.2) is 9.97 Å². The topological polar surface area (TPSA) is 47.0 Å². The molecule has 0 saturated carbocycles. The van der Waals surface area contributed by atoms with Crippen LogP contribution in [0.4, 0.5) is 10.8 Å². The summed E-state index contributed by atoms with van der Waals surface area (Å²) in [5, 5.41) is 4.21. The summed E-state index contributed by atoms with van der Waals surface area (Å²) in [4.78, 5) is 8.82. The lowest BCUT2D eigenvalue weighted by Gasteiger charge is -2.08. The number of thiazole rings is 1. The summed E-state index contributed by atoms with van der Waals surface area (Å²) in [6, 6.07) is 19.8. The van der Waals surface area contributed by atoms with Crippen LogP contribution in [0.5, 0.6) is 11.6 Å². The molecule has 30 heavy (non-hydrogen) atoms. The summed E-state index contributed by atoms with van der Waals surface area (Å²) in [6.45, 7) is 14.0. The Bertz CT molecular complexity index is 948. The van der Waals surface area contributed by atoms with Gasteiger partial charge in [0.2, 0.25) is 5.88 Å². The maximum atomic E-state index is 5.81. The largest absolute Gasteiger partial charge is 0.439 e. The van der Waals surface area contributed by atoms with E-state index in [2.05, 4.69) is 21.4 Å². The minimum Gasteiger partial charge on any atom is -0.439 e. The Labute approximate surface area is 185 Å². The highest BCUT2D eigenvalue weighted by molar-refractivity contribution is 7.22. The van der Waals surface area contributed by atoms with Crippen molar-refractivity contribution in [2.24, 2.45) is 0 Å².